The van der Waals surface area contributed by atoms with Crippen molar-refractivity contribution in [3.8, 4) is 0 Å². The Balaban J connectivity index is 1.68. The monoisotopic (exact) mass is 377 g/mol. The summed E-state index contributed by atoms with van der Waals surface area (Å²) < 4.78 is 19.5. The van der Waals surface area contributed by atoms with E-state index < -0.39 is 11.4 Å². The normalized spacial score (nSPS) is 23.3. The molecule has 0 aromatic heterocycles. The molecule has 1 spiro atoms. The van der Waals surface area contributed by atoms with Gasteiger partial charge in [0.05, 0.1) is 18.7 Å². The van der Waals surface area contributed by atoms with Gasteiger partial charge in [0.1, 0.15) is 12.4 Å². The molecule has 3 amide bonds. The molecule has 1 unspecified atom stereocenters. The number of amides is 3. The fraction of sp³-hybridized carbons (Fsp3) is 0.526. The van der Waals surface area contributed by atoms with Gasteiger partial charge in [-0.05, 0) is 37.5 Å². The summed E-state index contributed by atoms with van der Waals surface area (Å²) in [6, 6.07) is 5.97. The number of carbonyl (C=O) groups is 3. The van der Waals surface area contributed by atoms with Gasteiger partial charge in [-0.15, -0.1) is 0 Å². The maximum Gasteiger partial charge on any atom is 0.253 e. The Kier molecular flexibility index (Phi) is 5.74. The Morgan fingerprint density at radius 2 is 2.11 bits per heavy atom. The number of halogens is 1. The van der Waals surface area contributed by atoms with Crippen molar-refractivity contribution in [2.75, 3.05) is 37.7 Å². The highest BCUT2D eigenvalue weighted by Gasteiger charge is 2.42. The molecule has 0 saturated carbocycles. The van der Waals surface area contributed by atoms with Crippen LogP contribution in [0.1, 0.15) is 26.2 Å². The van der Waals surface area contributed by atoms with E-state index in [1.807, 2.05) is 0 Å². The molecule has 7 nitrogen and oxygen atoms in total. The summed E-state index contributed by atoms with van der Waals surface area (Å²) in [6.07, 6.45) is 2.02. The second-order valence-corrected chi connectivity index (χ2v) is 7.08. The topological polar surface area (TPSA) is 79.0 Å². The fourth-order valence-corrected chi connectivity index (χ4v) is 3.63. The number of nitrogens with zero attached hydrogens (tertiary/aromatic N) is 2. The van der Waals surface area contributed by atoms with E-state index in [1.165, 1.54) is 19.1 Å². The highest BCUT2D eigenvalue weighted by molar-refractivity contribution is 5.95. The Morgan fingerprint density at radius 3 is 2.85 bits per heavy atom. The third kappa shape index (κ3) is 4.63. The van der Waals surface area contributed by atoms with Crippen molar-refractivity contribution in [3.05, 3.63) is 30.1 Å². The van der Waals surface area contributed by atoms with E-state index in [2.05, 4.69) is 5.32 Å². The summed E-state index contributed by atoms with van der Waals surface area (Å²) >= 11 is 0. The van der Waals surface area contributed by atoms with Crippen molar-refractivity contribution in [3.63, 3.8) is 0 Å². The Hall–Kier alpha value is -2.48. The van der Waals surface area contributed by atoms with E-state index in [0.717, 1.165) is 6.42 Å². The van der Waals surface area contributed by atoms with Crippen LogP contribution in [0.5, 0.6) is 0 Å². The lowest BCUT2D eigenvalue weighted by Crippen LogP contribution is -2.55. The van der Waals surface area contributed by atoms with Crippen LogP contribution in [0.25, 0.3) is 0 Å². The first-order chi connectivity index (χ1) is 12.9. The van der Waals surface area contributed by atoms with Gasteiger partial charge >= 0.3 is 0 Å². The second-order valence-electron chi connectivity index (χ2n) is 7.08. The largest absolute Gasteiger partial charge is 0.363 e. The third-order valence-electron chi connectivity index (χ3n) is 5.11. The van der Waals surface area contributed by atoms with Crippen LogP contribution in [-0.4, -0.2) is 61.0 Å². The summed E-state index contributed by atoms with van der Waals surface area (Å²) in [4.78, 5) is 38.9. The zero-order chi connectivity index (χ0) is 19.4. The van der Waals surface area contributed by atoms with Crippen LogP contribution in [-0.2, 0) is 19.1 Å². The molecule has 0 radical (unpaired) electrons. The Morgan fingerprint density at radius 1 is 1.30 bits per heavy atom. The van der Waals surface area contributed by atoms with Crippen molar-refractivity contribution >= 4 is 23.4 Å². The summed E-state index contributed by atoms with van der Waals surface area (Å²) in [6.45, 7) is 2.70. The van der Waals surface area contributed by atoms with Gasteiger partial charge in [0.25, 0.3) is 5.91 Å². The van der Waals surface area contributed by atoms with E-state index in [-0.39, 0.29) is 30.9 Å². The van der Waals surface area contributed by atoms with Gasteiger partial charge in [0.15, 0.2) is 0 Å². The average molecular weight is 377 g/mol. The lowest BCUT2D eigenvalue weighted by atomic mass is 9.92. The zero-order valence-electron chi connectivity index (χ0n) is 15.4. The minimum Gasteiger partial charge on any atom is -0.363 e. The number of likely N-dealkylation sites (tertiary alicyclic amines) is 1. The third-order valence-corrected chi connectivity index (χ3v) is 5.11. The predicted octanol–water partition coefficient (Wildman–Crippen LogP) is 1.08. The predicted molar refractivity (Wildman–Crippen MR) is 96.6 cm³/mol. The van der Waals surface area contributed by atoms with Gasteiger partial charge < -0.3 is 19.9 Å². The lowest BCUT2D eigenvalue weighted by molar-refractivity contribution is -0.141. The fourth-order valence-electron chi connectivity index (χ4n) is 3.63. The first-order valence-corrected chi connectivity index (χ1v) is 9.11. The SMILES string of the molecule is CC(=O)NCC(=O)N1CCCC2(CC1)CN(c1cccc(F)c1)C(=O)CO2. The molecule has 1 aromatic carbocycles. The Labute approximate surface area is 157 Å². The average Bonchev–Trinajstić information content (AvgIpc) is 2.85. The highest BCUT2D eigenvalue weighted by Crippen LogP contribution is 2.33. The van der Waals surface area contributed by atoms with Gasteiger partial charge in [0.2, 0.25) is 11.8 Å². The van der Waals surface area contributed by atoms with Crippen LogP contribution >= 0.6 is 0 Å². The summed E-state index contributed by atoms with van der Waals surface area (Å²) in [7, 11) is 0. The molecule has 3 rings (SSSR count). The van der Waals surface area contributed by atoms with Gasteiger partial charge in [-0.25, -0.2) is 4.39 Å². The number of benzene rings is 1. The van der Waals surface area contributed by atoms with Gasteiger partial charge in [0, 0.05) is 25.7 Å². The summed E-state index contributed by atoms with van der Waals surface area (Å²) in [5.41, 5.74) is -0.0333. The maximum absolute atomic E-state index is 13.6. The molecule has 0 bridgehead atoms. The minimum absolute atomic E-state index is 0.0168. The maximum atomic E-state index is 13.6. The molecule has 2 fully saturated rings. The van der Waals surface area contributed by atoms with Crippen molar-refractivity contribution in [2.24, 2.45) is 0 Å². The van der Waals surface area contributed by atoms with E-state index in [9.17, 15) is 18.8 Å². The quantitative estimate of drug-likeness (QED) is 0.855. The number of morpholine rings is 1. The molecule has 2 heterocycles. The molecule has 2 saturated heterocycles. The lowest BCUT2D eigenvalue weighted by Gasteiger charge is -2.42. The van der Waals surface area contributed by atoms with Crippen LogP contribution in [0, 0.1) is 5.82 Å². The molecule has 0 aliphatic carbocycles. The summed E-state index contributed by atoms with van der Waals surface area (Å²) in [5.74, 6) is -0.962. The van der Waals surface area contributed by atoms with Crippen LogP contribution in [0.3, 0.4) is 0 Å². The molecular formula is C19H24FN3O4. The smallest absolute Gasteiger partial charge is 0.253 e. The number of anilines is 1. The van der Waals surface area contributed by atoms with E-state index in [1.54, 1.807) is 21.9 Å². The number of hydrogen-bond acceptors (Lipinski definition) is 4. The van der Waals surface area contributed by atoms with Gasteiger partial charge in [-0.3, -0.25) is 14.4 Å². The molecule has 1 aromatic rings. The van der Waals surface area contributed by atoms with Crippen molar-refractivity contribution in [1.29, 1.82) is 0 Å². The first kappa shape index (κ1) is 19.3. The van der Waals surface area contributed by atoms with Crippen LogP contribution in [0.4, 0.5) is 10.1 Å². The molecule has 1 N–H and O–H groups in total. The second kappa shape index (κ2) is 8.04. The van der Waals surface area contributed by atoms with Gasteiger partial charge in [-0.2, -0.15) is 0 Å². The molecule has 1 atom stereocenters. The number of hydrogen-bond donors (Lipinski definition) is 1. The molecule has 2 aliphatic rings. The first-order valence-electron chi connectivity index (χ1n) is 9.11. The van der Waals surface area contributed by atoms with Crippen molar-refractivity contribution < 1.29 is 23.5 Å². The highest BCUT2D eigenvalue weighted by atomic mass is 19.1. The number of ether oxygens (including phenoxy) is 1. The number of carbonyl (C=O) groups excluding carboxylic acids is 3. The van der Waals surface area contributed by atoms with E-state index in [4.69, 9.17) is 4.74 Å². The molecule has 146 valence electrons. The molecular weight excluding hydrogens is 353 g/mol. The van der Waals surface area contributed by atoms with Crippen LogP contribution < -0.4 is 10.2 Å². The van der Waals surface area contributed by atoms with E-state index >= 15 is 0 Å². The van der Waals surface area contributed by atoms with Crippen molar-refractivity contribution in [2.45, 2.75) is 31.8 Å². The molecule has 8 heteroatoms. The van der Waals surface area contributed by atoms with Crippen LogP contribution in [0.2, 0.25) is 0 Å². The van der Waals surface area contributed by atoms with E-state index in [0.29, 0.717) is 38.2 Å². The number of nitrogens with one attached hydrogen (secondary N) is 1. The summed E-state index contributed by atoms with van der Waals surface area (Å²) in [5, 5.41) is 2.52. The zero-order valence-corrected chi connectivity index (χ0v) is 15.4. The molecule has 2 aliphatic heterocycles. The number of rotatable bonds is 3. The standard InChI is InChI=1S/C19H24FN3O4/c1-14(24)21-11-17(25)22-8-3-6-19(7-9-22)13-23(18(26)12-27-19)16-5-2-4-15(20)10-16/h2,4-5,10H,3,6-9,11-13H2,1H3,(H,21,24). The minimum atomic E-state index is -0.552. The van der Waals surface area contributed by atoms with Gasteiger partial charge in [-0.1, -0.05) is 6.07 Å². The molecule has 27 heavy (non-hydrogen) atoms. The van der Waals surface area contributed by atoms with Crippen LogP contribution in [0.15, 0.2) is 24.3 Å². The van der Waals surface area contributed by atoms with Crippen molar-refractivity contribution in [1.82, 2.24) is 10.2 Å². The Bertz CT molecular complexity index is 741.